The van der Waals surface area contributed by atoms with Gasteiger partial charge in [-0.1, -0.05) is 0 Å². The van der Waals surface area contributed by atoms with Gasteiger partial charge in [-0.2, -0.15) is 0 Å². The summed E-state index contributed by atoms with van der Waals surface area (Å²) in [7, 11) is -3.53. The molecular weight excluding hydrogens is 392 g/mol. The molecule has 0 spiro atoms. The molecule has 1 aromatic rings. The average molecular weight is 396 g/mol. The molecule has 0 aliphatic heterocycles. The van der Waals surface area contributed by atoms with E-state index in [0.29, 0.717) is 5.02 Å². The van der Waals surface area contributed by atoms with Gasteiger partial charge in [-0.15, -0.1) is 0 Å². The maximum atomic E-state index is 11.1. The van der Waals surface area contributed by atoms with Crippen LogP contribution in [0.25, 0.3) is 0 Å². The van der Waals surface area contributed by atoms with Crippen LogP contribution in [0.4, 0.5) is 0 Å². The third-order valence-electron chi connectivity index (χ3n) is 1.21. The molecule has 0 amide bonds. The van der Waals surface area contributed by atoms with E-state index >= 15 is 0 Å². The van der Waals surface area contributed by atoms with E-state index in [2.05, 4.69) is 2.13 Å². The van der Waals surface area contributed by atoms with E-state index in [-0.39, 0.29) is 31.1 Å². The molecule has 0 aromatic heterocycles. The number of hydrogen-bond acceptors (Lipinski definition) is 3. The van der Waals surface area contributed by atoms with E-state index in [1.54, 1.807) is 12.1 Å². The van der Waals surface area contributed by atoms with Crippen molar-refractivity contribution in [2.45, 2.75) is 4.90 Å². The van der Waals surface area contributed by atoms with Crippen LogP contribution in [0.15, 0.2) is 29.2 Å². The predicted molar refractivity (Wildman–Crippen MR) is 45.5 cm³/mol. The summed E-state index contributed by atoms with van der Waals surface area (Å²) in [6.45, 7) is 0. The summed E-state index contributed by atoms with van der Waals surface area (Å²) in [5.74, 6) is 0. The molecule has 0 saturated heterocycles. The van der Waals surface area contributed by atoms with Crippen molar-refractivity contribution in [3.63, 3.8) is 0 Å². The second-order valence-electron chi connectivity index (χ2n) is 2.01. The Morgan fingerprint density at radius 1 is 1.42 bits per heavy atom. The van der Waals surface area contributed by atoms with Gasteiger partial charge in [-0.05, 0) is 0 Å². The van der Waals surface area contributed by atoms with Gasteiger partial charge in [0, 0.05) is 0 Å². The zero-order valence-electron chi connectivity index (χ0n) is 5.90. The molecule has 0 aliphatic rings. The van der Waals surface area contributed by atoms with Crippen molar-refractivity contribution in [1.29, 1.82) is 0 Å². The van der Waals surface area contributed by atoms with Gasteiger partial charge in [0.25, 0.3) is 0 Å². The van der Waals surface area contributed by atoms with Crippen LogP contribution in [0.3, 0.4) is 0 Å². The molecule has 62 valence electrons. The first-order valence-electron chi connectivity index (χ1n) is 2.95. The third kappa shape index (κ3) is 2.41. The van der Waals surface area contributed by atoms with Crippen LogP contribution in [-0.4, -0.2) is 34.6 Å². The zero-order chi connectivity index (χ0) is 9.19. The van der Waals surface area contributed by atoms with Gasteiger partial charge in [-0.3, -0.25) is 0 Å². The molecule has 0 saturated carbocycles. The predicted octanol–water partition coefficient (Wildman–Crippen LogP) is 1.13. The Morgan fingerprint density at radius 3 is 2.58 bits per heavy atom. The van der Waals surface area contributed by atoms with Gasteiger partial charge < -0.3 is 0 Å². The Labute approximate surface area is 92.1 Å². The van der Waals surface area contributed by atoms with Gasteiger partial charge >= 0.3 is 92.7 Å². The summed E-state index contributed by atoms with van der Waals surface area (Å²) in [5.41, 5.74) is 0. The second kappa shape index (κ2) is 4.03. The molecule has 12 heavy (non-hydrogen) atoms. The van der Waals surface area contributed by atoms with Gasteiger partial charge in [0.1, 0.15) is 0 Å². The second-order valence-corrected chi connectivity index (χ2v) is 6.26. The molecule has 0 heterocycles. The fourth-order valence-electron chi connectivity index (χ4n) is 0.678. The van der Waals surface area contributed by atoms with Crippen LogP contribution in [-0.2, 0) is 12.3 Å². The monoisotopic (exact) mass is 396 g/mol. The summed E-state index contributed by atoms with van der Waals surface area (Å²) in [6.07, 6.45) is 0. The van der Waals surface area contributed by atoms with Crippen molar-refractivity contribution in [2.75, 3.05) is 0 Å². The van der Waals surface area contributed by atoms with Crippen LogP contribution < -0.4 is 0 Å². The standard InChI is InChI=1S/C6H5ClO3S.Tl/c7-5-2-1-3-6(4-5)11(8,9)10;/h1-4H,(H,8,9,10);/q;+1/p-1. The Morgan fingerprint density at radius 2 is 2.08 bits per heavy atom. The molecule has 0 atom stereocenters. The Hall–Kier alpha value is 0.342. The quantitative estimate of drug-likeness (QED) is 0.705. The molecule has 3 nitrogen and oxygen atoms in total. The summed E-state index contributed by atoms with van der Waals surface area (Å²) in [6, 6.07) is 5.98. The Bertz CT molecular complexity index is 376. The molecule has 6 heteroatoms. The number of halogens is 1. The van der Waals surface area contributed by atoms with Crippen molar-refractivity contribution in [1.82, 2.24) is 0 Å². The van der Waals surface area contributed by atoms with E-state index in [1.165, 1.54) is 12.1 Å². The van der Waals surface area contributed by atoms with E-state index in [9.17, 15) is 8.42 Å². The summed E-state index contributed by atoms with van der Waals surface area (Å²) in [4.78, 5) is 0.109. The number of hydrogen-bond donors (Lipinski definition) is 0. The van der Waals surface area contributed by atoms with Gasteiger partial charge in [0.15, 0.2) is 0 Å². The minimum atomic E-state index is -3.53. The fourth-order valence-corrected chi connectivity index (χ4v) is 2.86. The van der Waals surface area contributed by atoms with E-state index in [1.807, 2.05) is 0 Å². The molecule has 1 rings (SSSR count). The molecular formula is C6H4ClO3STl. The molecule has 0 N–H and O–H groups in total. The minimum absolute atomic E-state index is 0.0426. The first-order chi connectivity index (χ1) is 5.56. The fraction of sp³-hybridized carbons (Fsp3) is 0. The van der Waals surface area contributed by atoms with E-state index < -0.39 is 10.1 Å². The van der Waals surface area contributed by atoms with Gasteiger partial charge in [-0.25, -0.2) is 0 Å². The van der Waals surface area contributed by atoms with Crippen LogP contribution in [0.2, 0.25) is 5.02 Å². The first-order valence-corrected chi connectivity index (χ1v) is 6.57. The molecule has 0 radical (unpaired) electrons. The third-order valence-corrected chi connectivity index (χ3v) is 5.49. The normalized spacial score (nSPS) is 11.3. The number of benzene rings is 1. The average Bonchev–Trinajstić information content (AvgIpc) is 2.05. The number of rotatable bonds is 2. The summed E-state index contributed by atoms with van der Waals surface area (Å²) >= 11 is 5.56. The SMILES string of the molecule is O=S(=O)([O][Tl])c1cccc(Cl)c1. The van der Waals surface area contributed by atoms with Crippen molar-refractivity contribution < 1.29 is 10.6 Å². The van der Waals surface area contributed by atoms with Crippen molar-refractivity contribution in [3.8, 4) is 0 Å². The Kier molecular flexibility index (Phi) is 3.50. The van der Waals surface area contributed by atoms with Crippen molar-refractivity contribution in [3.05, 3.63) is 29.3 Å². The van der Waals surface area contributed by atoms with E-state index in [4.69, 9.17) is 11.6 Å². The van der Waals surface area contributed by atoms with Gasteiger partial charge in [0.05, 0.1) is 0 Å². The molecule has 1 aromatic carbocycles. The van der Waals surface area contributed by atoms with E-state index in [0.717, 1.165) is 0 Å². The first kappa shape index (κ1) is 10.4. The van der Waals surface area contributed by atoms with Crippen molar-refractivity contribution in [2.24, 2.45) is 0 Å². The van der Waals surface area contributed by atoms with Gasteiger partial charge in [0.2, 0.25) is 0 Å². The maximum absolute atomic E-state index is 11.1. The van der Waals surface area contributed by atoms with Crippen LogP contribution in [0, 0.1) is 0 Å². The molecule has 0 aliphatic carbocycles. The Balaban J connectivity index is 3.21. The summed E-state index contributed by atoms with van der Waals surface area (Å²) < 4.78 is 26.7. The molecule has 0 fully saturated rings. The molecule has 0 bridgehead atoms. The van der Waals surface area contributed by atoms with Crippen LogP contribution in [0.1, 0.15) is 0 Å². The van der Waals surface area contributed by atoms with Crippen molar-refractivity contribution >= 4 is 47.9 Å². The topological polar surface area (TPSA) is 43.4 Å². The van der Waals surface area contributed by atoms with Crippen LogP contribution >= 0.6 is 11.6 Å². The molecule has 0 unspecified atom stereocenters. The van der Waals surface area contributed by atoms with Crippen LogP contribution in [0.5, 0.6) is 0 Å². The summed E-state index contributed by atoms with van der Waals surface area (Å²) in [5, 5.41) is 0.387. The zero-order valence-corrected chi connectivity index (χ0v) is 12.0.